The zero-order chi connectivity index (χ0) is 8.27. The molecule has 0 unspecified atom stereocenters. The molecule has 1 heterocycles. The Kier molecular flexibility index (Phi) is 2.56. The number of aromatic nitrogens is 3. The van der Waals surface area contributed by atoms with Crippen LogP contribution in [0.3, 0.4) is 0 Å². The van der Waals surface area contributed by atoms with Crippen LogP contribution in [0.15, 0.2) is 6.33 Å². The predicted molar refractivity (Wildman–Crippen MR) is 39.4 cm³/mol. The molecule has 0 aromatic carbocycles. The summed E-state index contributed by atoms with van der Waals surface area (Å²) in [7, 11) is 0. The summed E-state index contributed by atoms with van der Waals surface area (Å²) in [4.78, 5) is 8.43. The van der Waals surface area contributed by atoms with Crippen molar-refractivity contribution in [2.75, 3.05) is 0 Å². The van der Waals surface area contributed by atoms with Gasteiger partial charge in [-0.15, -0.1) is 0 Å². The minimum Gasteiger partial charge on any atom is -0.297 e. The van der Waals surface area contributed by atoms with Crippen LogP contribution in [-0.4, -0.2) is 14.8 Å². The van der Waals surface area contributed by atoms with Crippen molar-refractivity contribution in [1.82, 2.24) is 14.8 Å². The van der Waals surface area contributed by atoms with E-state index in [0.29, 0.717) is 12.6 Å². The lowest BCUT2D eigenvalue weighted by Crippen LogP contribution is -2.11. The van der Waals surface area contributed by atoms with Crippen LogP contribution in [0.1, 0.15) is 25.7 Å². The van der Waals surface area contributed by atoms with Crippen LogP contribution in [0.25, 0.3) is 0 Å². The fraction of sp³-hybridized carbons (Fsp3) is 0.667. The van der Waals surface area contributed by atoms with E-state index in [1.54, 1.807) is 4.68 Å². The number of rotatable bonds is 3. The molecular weight excluding hydrogens is 144 g/mol. The Balaban J connectivity index is 2.78. The Labute approximate surface area is 65.1 Å². The highest BCUT2D eigenvalue weighted by atomic mass is 16.6. The van der Waals surface area contributed by atoms with Crippen LogP contribution in [0.5, 0.6) is 0 Å². The molecule has 0 fully saturated rings. The SMILES string of the molecule is CC(C)n1ncnc1CON. The van der Waals surface area contributed by atoms with E-state index in [0.717, 1.165) is 5.82 Å². The molecule has 11 heavy (non-hydrogen) atoms. The summed E-state index contributed by atoms with van der Waals surface area (Å²) in [5.74, 6) is 5.66. The highest BCUT2D eigenvalue weighted by Gasteiger charge is 2.05. The lowest BCUT2D eigenvalue weighted by atomic mass is 10.4. The first-order valence-electron chi connectivity index (χ1n) is 3.45. The minimum atomic E-state index is 0.294. The molecule has 1 aromatic heterocycles. The monoisotopic (exact) mass is 156 g/mol. The normalized spacial score (nSPS) is 10.9. The van der Waals surface area contributed by atoms with Crippen LogP contribution < -0.4 is 5.90 Å². The third-order valence-corrected chi connectivity index (χ3v) is 1.35. The summed E-state index contributed by atoms with van der Waals surface area (Å²) in [5.41, 5.74) is 0. The highest BCUT2D eigenvalue weighted by molar-refractivity contribution is 4.83. The summed E-state index contributed by atoms with van der Waals surface area (Å²) in [5, 5.41) is 4.00. The molecule has 0 aliphatic rings. The first-order valence-corrected chi connectivity index (χ1v) is 3.45. The Bertz CT molecular complexity index is 220. The Morgan fingerprint density at radius 1 is 1.73 bits per heavy atom. The van der Waals surface area contributed by atoms with Crippen LogP contribution in [0, 0.1) is 0 Å². The minimum absolute atomic E-state index is 0.294. The lowest BCUT2D eigenvalue weighted by molar-refractivity contribution is 0.114. The van der Waals surface area contributed by atoms with Crippen molar-refractivity contribution in [2.24, 2.45) is 5.90 Å². The van der Waals surface area contributed by atoms with Gasteiger partial charge in [0.25, 0.3) is 0 Å². The molecule has 0 atom stereocenters. The van der Waals surface area contributed by atoms with Crippen LogP contribution in [-0.2, 0) is 11.4 Å². The molecule has 0 aliphatic heterocycles. The van der Waals surface area contributed by atoms with Gasteiger partial charge < -0.3 is 0 Å². The van der Waals surface area contributed by atoms with E-state index in [2.05, 4.69) is 14.9 Å². The van der Waals surface area contributed by atoms with Gasteiger partial charge in [-0.25, -0.2) is 15.6 Å². The molecule has 0 spiro atoms. The van der Waals surface area contributed by atoms with Gasteiger partial charge in [-0.05, 0) is 13.8 Å². The molecule has 1 rings (SSSR count). The van der Waals surface area contributed by atoms with Gasteiger partial charge in [0.15, 0.2) is 5.82 Å². The van der Waals surface area contributed by atoms with E-state index in [4.69, 9.17) is 5.90 Å². The maximum atomic E-state index is 4.91. The van der Waals surface area contributed by atoms with E-state index >= 15 is 0 Å². The zero-order valence-corrected chi connectivity index (χ0v) is 6.69. The fourth-order valence-corrected chi connectivity index (χ4v) is 0.883. The molecule has 62 valence electrons. The van der Waals surface area contributed by atoms with Gasteiger partial charge in [0, 0.05) is 6.04 Å². The quantitative estimate of drug-likeness (QED) is 0.637. The van der Waals surface area contributed by atoms with Gasteiger partial charge in [-0.3, -0.25) is 4.84 Å². The van der Waals surface area contributed by atoms with E-state index in [1.165, 1.54) is 6.33 Å². The fourth-order valence-electron chi connectivity index (χ4n) is 0.883. The van der Waals surface area contributed by atoms with Crippen molar-refractivity contribution < 1.29 is 4.84 Å². The second-order valence-electron chi connectivity index (χ2n) is 2.53. The zero-order valence-electron chi connectivity index (χ0n) is 6.69. The second kappa shape index (κ2) is 3.45. The van der Waals surface area contributed by atoms with Gasteiger partial charge in [-0.2, -0.15) is 5.10 Å². The molecule has 0 bridgehead atoms. The molecule has 0 amide bonds. The van der Waals surface area contributed by atoms with Crippen molar-refractivity contribution >= 4 is 0 Å². The van der Waals surface area contributed by atoms with Crippen molar-refractivity contribution in [1.29, 1.82) is 0 Å². The molecule has 5 heteroatoms. The molecule has 1 aromatic rings. The van der Waals surface area contributed by atoms with E-state index in [1.807, 2.05) is 13.8 Å². The summed E-state index contributed by atoms with van der Waals surface area (Å²) in [6.07, 6.45) is 1.49. The number of hydrogen-bond acceptors (Lipinski definition) is 4. The van der Waals surface area contributed by atoms with E-state index in [9.17, 15) is 0 Å². The molecule has 0 radical (unpaired) electrons. The van der Waals surface area contributed by atoms with Gasteiger partial charge in [0.2, 0.25) is 0 Å². The average molecular weight is 156 g/mol. The maximum Gasteiger partial charge on any atom is 0.155 e. The van der Waals surface area contributed by atoms with Crippen molar-refractivity contribution in [3.63, 3.8) is 0 Å². The number of hydrogen-bond donors (Lipinski definition) is 1. The maximum absolute atomic E-state index is 4.91. The number of nitrogens with two attached hydrogens (primary N) is 1. The summed E-state index contributed by atoms with van der Waals surface area (Å²) < 4.78 is 1.77. The third kappa shape index (κ3) is 1.75. The smallest absolute Gasteiger partial charge is 0.155 e. The highest BCUT2D eigenvalue weighted by Crippen LogP contribution is 2.04. The standard InChI is InChI=1S/C6H12N4O/c1-5(2)10-6(3-11-7)8-4-9-10/h4-5H,3,7H2,1-2H3. The Morgan fingerprint density at radius 3 is 3.00 bits per heavy atom. The van der Waals surface area contributed by atoms with E-state index < -0.39 is 0 Å². The van der Waals surface area contributed by atoms with E-state index in [-0.39, 0.29) is 0 Å². The van der Waals surface area contributed by atoms with Gasteiger partial charge in [-0.1, -0.05) is 0 Å². The Hall–Kier alpha value is -0.940. The number of nitrogens with zero attached hydrogens (tertiary/aromatic N) is 3. The summed E-state index contributed by atoms with van der Waals surface area (Å²) in [6.45, 7) is 4.35. The van der Waals surface area contributed by atoms with Crippen LogP contribution >= 0.6 is 0 Å². The topological polar surface area (TPSA) is 66.0 Å². The van der Waals surface area contributed by atoms with Crippen molar-refractivity contribution in [3.8, 4) is 0 Å². The first-order chi connectivity index (χ1) is 5.25. The Morgan fingerprint density at radius 2 is 2.45 bits per heavy atom. The largest absolute Gasteiger partial charge is 0.297 e. The van der Waals surface area contributed by atoms with Crippen molar-refractivity contribution in [2.45, 2.75) is 26.5 Å². The molecule has 0 aliphatic carbocycles. The predicted octanol–water partition coefficient (Wildman–Crippen LogP) is 0.249. The van der Waals surface area contributed by atoms with Gasteiger partial charge in [0.1, 0.15) is 12.9 Å². The van der Waals surface area contributed by atoms with Crippen LogP contribution in [0.4, 0.5) is 0 Å². The second-order valence-corrected chi connectivity index (χ2v) is 2.53. The molecule has 0 saturated carbocycles. The van der Waals surface area contributed by atoms with Crippen molar-refractivity contribution in [3.05, 3.63) is 12.2 Å². The molecule has 5 nitrogen and oxygen atoms in total. The molecular formula is C6H12N4O. The summed E-state index contributed by atoms with van der Waals surface area (Å²) in [6, 6.07) is 0.294. The first kappa shape index (κ1) is 8.16. The molecule has 2 N–H and O–H groups in total. The third-order valence-electron chi connectivity index (χ3n) is 1.35. The van der Waals surface area contributed by atoms with Gasteiger partial charge >= 0.3 is 0 Å². The average Bonchev–Trinajstić information content (AvgIpc) is 2.36. The summed E-state index contributed by atoms with van der Waals surface area (Å²) >= 11 is 0. The van der Waals surface area contributed by atoms with Gasteiger partial charge in [0.05, 0.1) is 0 Å². The van der Waals surface area contributed by atoms with Crippen LogP contribution in [0.2, 0.25) is 0 Å². The molecule has 0 saturated heterocycles. The lowest BCUT2D eigenvalue weighted by Gasteiger charge is -2.07.